The summed E-state index contributed by atoms with van der Waals surface area (Å²) in [6.07, 6.45) is 14.6. The van der Waals surface area contributed by atoms with Gasteiger partial charge in [-0.1, -0.05) is 25.5 Å². The molecule has 2 N–H and O–H groups in total. The number of amides is 1. The van der Waals surface area contributed by atoms with Crippen LogP contribution in [-0.2, 0) is 17.8 Å². The number of terminal acetylenes is 1. The average Bonchev–Trinajstić information content (AvgIpc) is 3.33. The van der Waals surface area contributed by atoms with Crippen molar-refractivity contribution in [3.63, 3.8) is 0 Å². The van der Waals surface area contributed by atoms with Crippen LogP contribution in [0.15, 0.2) is 59.4 Å². The molecule has 0 fully saturated rings. The number of furan rings is 1. The van der Waals surface area contributed by atoms with E-state index in [1.165, 1.54) is 28.8 Å². The molecule has 2 aromatic carbocycles. The maximum absolute atomic E-state index is 12.2. The first-order chi connectivity index (χ1) is 16.4. The van der Waals surface area contributed by atoms with Gasteiger partial charge in [-0.05, 0) is 72.8 Å². The van der Waals surface area contributed by atoms with Gasteiger partial charge >= 0.3 is 0 Å². The second-order valence-electron chi connectivity index (χ2n) is 7.71. The summed E-state index contributed by atoms with van der Waals surface area (Å²) in [5.74, 6) is -1.01. The van der Waals surface area contributed by atoms with Crippen LogP contribution in [-0.4, -0.2) is 19.0 Å². The van der Waals surface area contributed by atoms with Gasteiger partial charge in [0.15, 0.2) is 0 Å². The number of aryl methyl sites for hydroxylation is 2. The van der Waals surface area contributed by atoms with Crippen LogP contribution in [0.25, 0.3) is 11.1 Å². The van der Waals surface area contributed by atoms with E-state index in [9.17, 15) is 13.6 Å². The number of hydrogen-bond donors (Lipinski definition) is 2. The summed E-state index contributed by atoms with van der Waals surface area (Å²) in [5, 5.41) is 6.29. The third-order valence-electron chi connectivity index (χ3n) is 4.81. The van der Waals surface area contributed by atoms with E-state index >= 15 is 0 Å². The Balaban J connectivity index is 0.000000437. The van der Waals surface area contributed by atoms with Gasteiger partial charge in [-0.3, -0.25) is 4.79 Å². The van der Waals surface area contributed by atoms with Crippen molar-refractivity contribution in [2.45, 2.75) is 46.6 Å². The molecule has 0 atom stereocenters. The van der Waals surface area contributed by atoms with Gasteiger partial charge in [0.1, 0.15) is 11.6 Å². The van der Waals surface area contributed by atoms with E-state index in [-0.39, 0.29) is 5.91 Å². The van der Waals surface area contributed by atoms with E-state index in [1.54, 1.807) is 26.4 Å². The largest absolute Gasteiger partial charge is 0.472 e. The summed E-state index contributed by atoms with van der Waals surface area (Å²) < 4.78 is 29.6. The van der Waals surface area contributed by atoms with Gasteiger partial charge in [-0.2, -0.15) is 0 Å². The zero-order valence-electron chi connectivity index (χ0n) is 20.2. The van der Waals surface area contributed by atoms with Crippen molar-refractivity contribution in [2.75, 3.05) is 13.1 Å². The monoisotopic (exact) mass is 468 g/mol. The molecule has 1 amide bonds. The predicted molar refractivity (Wildman–Crippen MR) is 134 cm³/mol. The maximum atomic E-state index is 12.2. The lowest BCUT2D eigenvalue weighted by Gasteiger charge is -2.12. The highest BCUT2D eigenvalue weighted by atomic mass is 19.1. The molecule has 4 nitrogen and oxygen atoms in total. The molecule has 0 bridgehead atoms. The summed E-state index contributed by atoms with van der Waals surface area (Å²) in [4.78, 5) is 10.8. The fourth-order valence-electron chi connectivity index (χ4n) is 3.30. The van der Waals surface area contributed by atoms with Gasteiger partial charge in [0.05, 0.1) is 12.5 Å². The summed E-state index contributed by atoms with van der Waals surface area (Å²) in [7, 11) is 0. The van der Waals surface area contributed by atoms with Crippen LogP contribution < -0.4 is 10.6 Å². The molecule has 3 aromatic rings. The molecule has 0 radical (unpaired) electrons. The van der Waals surface area contributed by atoms with Crippen molar-refractivity contribution >= 4 is 5.91 Å². The van der Waals surface area contributed by atoms with Crippen LogP contribution in [0.2, 0.25) is 0 Å². The van der Waals surface area contributed by atoms with Crippen LogP contribution in [0.4, 0.5) is 8.78 Å². The number of rotatable bonds is 9. The molecule has 0 unspecified atom stereocenters. The van der Waals surface area contributed by atoms with Crippen molar-refractivity contribution in [3.05, 3.63) is 83.3 Å². The lowest BCUT2D eigenvalue weighted by atomic mass is 9.98. The molecule has 3 rings (SSSR count). The number of benzene rings is 2. The minimum atomic E-state index is -0.521. The first kappa shape index (κ1) is 28.6. The van der Waals surface area contributed by atoms with Crippen molar-refractivity contribution in [2.24, 2.45) is 0 Å². The van der Waals surface area contributed by atoms with Crippen LogP contribution >= 0.6 is 0 Å². The molecular formula is C28H34F2N2O2. The van der Waals surface area contributed by atoms with E-state index in [0.717, 1.165) is 50.5 Å². The number of nitrogens with one attached hydrogen (secondary N) is 2. The molecule has 34 heavy (non-hydrogen) atoms. The fourth-order valence-corrected chi connectivity index (χ4v) is 3.30. The first-order valence-electron chi connectivity index (χ1n) is 11.2. The number of hydrogen-bond acceptors (Lipinski definition) is 3. The Hall–Kier alpha value is -3.43. The van der Waals surface area contributed by atoms with Crippen molar-refractivity contribution in [3.8, 4) is 24.0 Å². The molecule has 0 aliphatic heterocycles. The van der Waals surface area contributed by atoms with Gasteiger partial charge < -0.3 is 15.1 Å². The molecule has 0 spiro atoms. The standard InChI is InChI=1S/C19H26N2O2.C7H6F2.C2H2/c1-3-5-16-6-7-17(18-8-11-23-14-18)12-19(16)13-20-9-4-10-21-15(2)22;1-5-2-6(8)4-7(9)3-5;1-2/h6-8,11-12,14,20H,3-5,9-10,13H2,1-2H3,(H,21,22);2-4H,1H3;1-2H. The number of halogens is 2. The van der Waals surface area contributed by atoms with E-state index < -0.39 is 11.6 Å². The highest BCUT2D eigenvalue weighted by Crippen LogP contribution is 2.24. The van der Waals surface area contributed by atoms with E-state index in [4.69, 9.17) is 4.42 Å². The topological polar surface area (TPSA) is 54.3 Å². The molecule has 0 aliphatic carbocycles. The van der Waals surface area contributed by atoms with Gasteiger partial charge in [-0.25, -0.2) is 8.78 Å². The molecule has 0 saturated carbocycles. The lowest BCUT2D eigenvalue weighted by molar-refractivity contribution is -0.118. The van der Waals surface area contributed by atoms with E-state index in [2.05, 4.69) is 48.6 Å². The molecule has 1 aromatic heterocycles. The third-order valence-corrected chi connectivity index (χ3v) is 4.81. The van der Waals surface area contributed by atoms with Crippen molar-refractivity contribution in [1.82, 2.24) is 10.6 Å². The summed E-state index contributed by atoms with van der Waals surface area (Å²) in [5.41, 5.74) is 5.64. The summed E-state index contributed by atoms with van der Waals surface area (Å²) in [6.45, 7) is 7.86. The Labute approximate surface area is 201 Å². The van der Waals surface area contributed by atoms with Crippen molar-refractivity contribution < 1.29 is 18.0 Å². The van der Waals surface area contributed by atoms with Gasteiger partial charge in [0.2, 0.25) is 5.91 Å². The van der Waals surface area contributed by atoms with Crippen molar-refractivity contribution in [1.29, 1.82) is 0 Å². The molecule has 0 aliphatic rings. The Morgan fingerprint density at radius 1 is 0.971 bits per heavy atom. The van der Waals surface area contributed by atoms with Crippen LogP contribution in [0.1, 0.15) is 43.4 Å². The minimum Gasteiger partial charge on any atom is -0.472 e. The Bertz CT molecular complexity index is 964. The second kappa shape index (κ2) is 16.2. The molecule has 0 saturated heterocycles. The first-order valence-corrected chi connectivity index (χ1v) is 11.2. The average molecular weight is 469 g/mol. The normalized spacial score (nSPS) is 9.85. The van der Waals surface area contributed by atoms with Crippen LogP contribution in [0.5, 0.6) is 0 Å². The molecular weight excluding hydrogens is 434 g/mol. The van der Waals surface area contributed by atoms with E-state index in [1.807, 2.05) is 6.07 Å². The zero-order valence-corrected chi connectivity index (χ0v) is 20.2. The van der Waals surface area contributed by atoms with Crippen LogP contribution in [0.3, 0.4) is 0 Å². The van der Waals surface area contributed by atoms with Gasteiger partial charge in [-0.15, -0.1) is 12.8 Å². The Kier molecular flexibility index (Phi) is 13.6. The summed E-state index contributed by atoms with van der Waals surface area (Å²) >= 11 is 0. The molecule has 1 heterocycles. The minimum absolute atomic E-state index is 0.0306. The van der Waals surface area contributed by atoms with Gasteiger partial charge in [0.25, 0.3) is 0 Å². The van der Waals surface area contributed by atoms with Crippen LogP contribution in [0, 0.1) is 31.4 Å². The highest BCUT2D eigenvalue weighted by molar-refractivity contribution is 5.72. The quantitative estimate of drug-likeness (QED) is 0.297. The third kappa shape index (κ3) is 10.9. The second-order valence-corrected chi connectivity index (χ2v) is 7.71. The van der Waals surface area contributed by atoms with E-state index in [0.29, 0.717) is 5.56 Å². The number of carbonyl (C=O) groups is 1. The van der Waals surface area contributed by atoms with Gasteiger partial charge in [0, 0.05) is 31.6 Å². The SMILES string of the molecule is C#C.CCCc1ccc(-c2ccoc2)cc1CNCCCNC(C)=O.Cc1cc(F)cc(F)c1. The summed E-state index contributed by atoms with van der Waals surface area (Å²) in [6, 6.07) is 12.0. The smallest absolute Gasteiger partial charge is 0.216 e. The maximum Gasteiger partial charge on any atom is 0.216 e. The predicted octanol–water partition coefficient (Wildman–Crippen LogP) is 6.04. The zero-order chi connectivity index (χ0) is 25.3. The molecule has 182 valence electrons. The lowest BCUT2D eigenvalue weighted by Crippen LogP contribution is -2.25. The fraction of sp³-hybridized carbons (Fsp3) is 0.321. The Morgan fingerprint density at radius 2 is 1.68 bits per heavy atom. The Morgan fingerprint density at radius 3 is 2.24 bits per heavy atom. The number of carbonyl (C=O) groups excluding carboxylic acids is 1. The molecule has 6 heteroatoms. The highest BCUT2D eigenvalue weighted by Gasteiger charge is 2.06.